The fraction of sp³-hybridized carbons (Fsp3) is 0.125. The summed E-state index contributed by atoms with van der Waals surface area (Å²) in [5, 5.41) is 0.841. The molecular formula is C8H5Br2NO. The minimum Gasteiger partial charge on any atom is -0.431 e. The lowest BCUT2D eigenvalue weighted by molar-refractivity contribution is 0.570. The van der Waals surface area contributed by atoms with Gasteiger partial charge in [-0.25, -0.2) is 4.98 Å². The summed E-state index contributed by atoms with van der Waals surface area (Å²) in [5.74, 6) is 0. The van der Waals surface area contributed by atoms with Gasteiger partial charge in [0.2, 0.25) is 0 Å². The molecule has 1 heterocycles. The number of aromatic nitrogens is 1. The molecule has 1 aromatic carbocycles. The van der Waals surface area contributed by atoms with Gasteiger partial charge in [0.25, 0.3) is 4.80 Å². The van der Waals surface area contributed by atoms with Crippen molar-refractivity contribution in [2.24, 2.45) is 0 Å². The SMILES string of the molecule is BrCc1ccc2oc(Br)nc2c1. The quantitative estimate of drug-likeness (QED) is 0.752. The van der Waals surface area contributed by atoms with Gasteiger partial charge in [0.15, 0.2) is 5.58 Å². The molecule has 62 valence electrons. The van der Waals surface area contributed by atoms with Crippen LogP contribution < -0.4 is 0 Å². The molecular weight excluding hydrogens is 286 g/mol. The van der Waals surface area contributed by atoms with E-state index in [1.54, 1.807) is 0 Å². The van der Waals surface area contributed by atoms with Crippen molar-refractivity contribution in [2.75, 3.05) is 0 Å². The monoisotopic (exact) mass is 289 g/mol. The Kier molecular flexibility index (Phi) is 2.19. The maximum absolute atomic E-state index is 5.26. The van der Waals surface area contributed by atoms with Crippen LogP contribution in [0, 0.1) is 0 Å². The Morgan fingerprint density at radius 2 is 2.25 bits per heavy atom. The third-order valence-corrected chi connectivity index (χ3v) is 2.57. The minimum atomic E-state index is 0.532. The van der Waals surface area contributed by atoms with E-state index in [1.165, 1.54) is 5.56 Å². The molecule has 2 aromatic rings. The average molecular weight is 291 g/mol. The fourth-order valence-electron chi connectivity index (χ4n) is 1.03. The van der Waals surface area contributed by atoms with Crippen LogP contribution in [0.25, 0.3) is 11.1 Å². The first-order valence-corrected chi connectivity index (χ1v) is 5.32. The molecule has 2 rings (SSSR count). The van der Waals surface area contributed by atoms with Crippen LogP contribution in [0.5, 0.6) is 0 Å². The number of rotatable bonds is 1. The lowest BCUT2D eigenvalue weighted by atomic mass is 10.2. The van der Waals surface area contributed by atoms with Gasteiger partial charge in [0, 0.05) is 21.3 Å². The minimum absolute atomic E-state index is 0.532. The van der Waals surface area contributed by atoms with Crippen LogP contribution in [0.1, 0.15) is 5.56 Å². The number of benzene rings is 1. The van der Waals surface area contributed by atoms with Crippen molar-refractivity contribution in [3.05, 3.63) is 28.6 Å². The van der Waals surface area contributed by atoms with E-state index in [0.29, 0.717) is 4.80 Å². The number of alkyl halides is 1. The van der Waals surface area contributed by atoms with Crippen molar-refractivity contribution >= 4 is 43.0 Å². The van der Waals surface area contributed by atoms with Crippen LogP contribution in [0.3, 0.4) is 0 Å². The summed E-state index contributed by atoms with van der Waals surface area (Å²) >= 11 is 6.56. The van der Waals surface area contributed by atoms with E-state index in [4.69, 9.17) is 4.42 Å². The van der Waals surface area contributed by atoms with Crippen molar-refractivity contribution in [3.63, 3.8) is 0 Å². The highest BCUT2D eigenvalue weighted by Crippen LogP contribution is 2.21. The molecule has 12 heavy (non-hydrogen) atoms. The predicted octanol–water partition coefficient (Wildman–Crippen LogP) is 3.49. The first-order chi connectivity index (χ1) is 5.79. The van der Waals surface area contributed by atoms with Crippen molar-refractivity contribution < 1.29 is 4.42 Å². The normalized spacial score (nSPS) is 10.8. The Labute approximate surface area is 86.2 Å². The Hall–Kier alpha value is -0.350. The zero-order valence-corrected chi connectivity index (χ0v) is 9.22. The van der Waals surface area contributed by atoms with Gasteiger partial charge >= 0.3 is 0 Å². The molecule has 0 radical (unpaired) electrons. The fourth-order valence-corrected chi connectivity index (χ4v) is 1.74. The summed E-state index contributed by atoms with van der Waals surface area (Å²) in [4.78, 5) is 4.68. The van der Waals surface area contributed by atoms with Gasteiger partial charge in [0.1, 0.15) is 5.52 Å². The van der Waals surface area contributed by atoms with Crippen LogP contribution >= 0.6 is 31.9 Å². The smallest absolute Gasteiger partial charge is 0.265 e. The third-order valence-electron chi connectivity index (χ3n) is 1.58. The topological polar surface area (TPSA) is 26.0 Å². The summed E-state index contributed by atoms with van der Waals surface area (Å²) in [6.45, 7) is 0. The van der Waals surface area contributed by atoms with E-state index in [9.17, 15) is 0 Å². The Morgan fingerprint density at radius 1 is 1.42 bits per heavy atom. The van der Waals surface area contributed by atoms with Gasteiger partial charge in [-0.15, -0.1) is 0 Å². The predicted molar refractivity (Wildman–Crippen MR) is 54.3 cm³/mol. The van der Waals surface area contributed by atoms with Gasteiger partial charge in [-0.3, -0.25) is 0 Å². The van der Waals surface area contributed by atoms with Crippen LogP contribution in [0.15, 0.2) is 27.4 Å². The molecule has 0 fully saturated rings. The molecule has 0 aliphatic rings. The summed E-state index contributed by atoms with van der Waals surface area (Å²) < 4.78 is 5.26. The van der Waals surface area contributed by atoms with E-state index in [2.05, 4.69) is 36.8 Å². The molecule has 0 bridgehead atoms. The lowest BCUT2D eigenvalue weighted by Gasteiger charge is -1.91. The summed E-state index contributed by atoms with van der Waals surface area (Å²) in [6.07, 6.45) is 0. The first kappa shape index (κ1) is 8.26. The van der Waals surface area contributed by atoms with Crippen LogP contribution in [0.4, 0.5) is 0 Å². The molecule has 0 aliphatic carbocycles. The van der Waals surface area contributed by atoms with Crippen molar-refractivity contribution in [3.8, 4) is 0 Å². The van der Waals surface area contributed by atoms with E-state index in [1.807, 2.05) is 18.2 Å². The highest BCUT2D eigenvalue weighted by atomic mass is 79.9. The maximum Gasteiger partial charge on any atom is 0.265 e. The number of fused-ring (bicyclic) bond motifs is 1. The largest absolute Gasteiger partial charge is 0.431 e. The Morgan fingerprint density at radius 3 is 3.00 bits per heavy atom. The number of hydrogen-bond donors (Lipinski definition) is 0. The van der Waals surface area contributed by atoms with Crippen molar-refractivity contribution in [2.45, 2.75) is 5.33 Å². The second kappa shape index (κ2) is 3.18. The first-order valence-electron chi connectivity index (χ1n) is 3.40. The molecule has 0 atom stereocenters. The molecule has 0 saturated heterocycles. The number of halogens is 2. The highest BCUT2D eigenvalue weighted by molar-refractivity contribution is 9.10. The Balaban J connectivity index is 2.66. The summed E-state index contributed by atoms with van der Waals surface area (Å²) in [7, 11) is 0. The van der Waals surface area contributed by atoms with E-state index in [-0.39, 0.29) is 0 Å². The zero-order valence-electron chi connectivity index (χ0n) is 6.05. The van der Waals surface area contributed by atoms with Gasteiger partial charge in [0.05, 0.1) is 0 Å². The van der Waals surface area contributed by atoms with Crippen molar-refractivity contribution in [1.82, 2.24) is 4.98 Å². The second-order valence-corrected chi connectivity index (χ2v) is 3.64. The standard InChI is InChI=1S/C8H5Br2NO/c9-4-5-1-2-7-6(3-5)11-8(10)12-7/h1-3H,4H2. The van der Waals surface area contributed by atoms with Crippen LogP contribution in [0.2, 0.25) is 0 Å². The van der Waals surface area contributed by atoms with Crippen LogP contribution in [-0.2, 0) is 5.33 Å². The molecule has 0 unspecified atom stereocenters. The molecule has 4 heteroatoms. The van der Waals surface area contributed by atoms with Crippen molar-refractivity contribution in [1.29, 1.82) is 0 Å². The van der Waals surface area contributed by atoms with E-state index in [0.717, 1.165) is 16.4 Å². The molecule has 2 nitrogen and oxygen atoms in total. The average Bonchev–Trinajstić information content (AvgIpc) is 2.43. The highest BCUT2D eigenvalue weighted by Gasteiger charge is 2.02. The summed E-state index contributed by atoms with van der Waals surface area (Å²) in [5.41, 5.74) is 2.90. The van der Waals surface area contributed by atoms with Gasteiger partial charge < -0.3 is 4.42 Å². The molecule has 0 amide bonds. The molecule has 0 aliphatic heterocycles. The second-order valence-electron chi connectivity index (χ2n) is 2.40. The number of nitrogens with zero attached hydrogens (tertiary/aromatic N) is 1. The molecule has 1 aromatic heterocycles. The zero-order chi connectivity index (χ0) is 8.55. The van der Waals surface area contributed by atoms with Gasteiger partial charge in [-0.05, 0) is 17.7 Å². The number of hydrogen-bond acceptors (Lipinski definition) is 2. The van der Waals surface area contributed by atoms with E-state index < -0.39 is 0 Å². The van der Waals surface area contributed by atoms with Gasteiger partial charge in [-0.1, -0.05) is 22.0 Å². The number of oxazole rings is 1. The third kappa shape index (κ3) is 1.41. The Bertz CT molecular complexity index is 410. The molecule has 0 spiro atoms. The van der Waals surface area contributed by atoms with Crippen LogP contribution in [-0.4, -0.2) is 4.98 Å². The summed E-state index contributed by atoms with van der Waals surface area (Å²) in [6, 6.07) is 5.93. The van der Waals surface area contributed by atoms with Gasteiger partial charge in [-0.2, -0.15) is 0 Å². The van der Waals surface area contributed by atoms with E-state index >= 15 is 0 Å². The lowest BCUT2D eigenvalue weighted by Crippen LogP contribution is -1.75. The molecule has 0 saturated carbocycles. The molecule has 0 N–H and O–H groups in total. The maximum atomic E-state index is 5.26.